The molecule has 0 saturated heterocycles. The average molecular weight is 174 g/mol. The van der Waals surface area contributed by atoms with E-state index in [0.29, 0.717) is 5.92 Å². The van der Waals surface area contributed by atoms with E-state index in [-0.39, 0.29) is 0 Å². The number of hydrogen-bond acceptors (Lipinski definition) is 1. The fraction of sp³-hybridized carbons (Fsp3) is 0.250. The van der Waals surface area contributed by atoms with Crippen molar-refractivity contribution in [3.8, 4) is 0 Å². The van der Waals surface area contributed by atoms with Crippen LogP contribution in [-0.4, -0.2) is 6.29 Å². The van der Waals surface area contributed by atoms with Crippen LogP contribution >= 0.6 is 0 Å². The van der Waals surface area contributed by atoms with Gasteiger partial charge in [-0.25, -0.2) is 0 Å². The lowest BCUT2D eigenvalue weighted by atomic mass is 9.99. The van der Waals surface area contributed by atoms with E-state index in [1.807, 2.05) is 31.2 Å². The second kappa shape index (κ2) is 4.61. The molecule has 1 rings (SSSR count). The van der Waals surface area contributed by atoms with E-state index < -0.39 is 0 Å². The molecule has 0 heterocycles. The minimum absolute atomic E-state index is 0.311. The summed E-state index contributed by atoms with van der Waals surface area (Å²) >= 11 is 0. The Labute approximate surface area is 79.1 Å². The molecule has 0 aliphatic carbocycles. The summed E-state index contributed by atoms with van der Waals surface area (Å²) in [6.07, 6.45) is 2.86. The number of carbonyl (C=O) groups excluding carboxylic acids is 1. The first kappa shape index (κ1) is 9.72. The van der Waals surface area contributed by atoms with Crippen molar-refractivity contribution in [3.63, 3.8) is 0 Å². The first-order valence-electron chi connectivity index (χ1n) is 4.42. The summed E-state index contributed by atoms with van der Waals surface area (Å²) in [7, 11) is 0. The van der Waals surface area contributed by atoms with Gasteiger partial charge in [0.15, 0.2) is 0 Å². The molecule has 1 aromatic carbocycles. The lowest BCUT2D eigenvalue weighted by Gasteiger charge is -2.06. The molecule has 0 amide bonds. The maximum atomic E-state index is 10.4. The molecule has 0 aromatic heterocycles. The van der Waals surface area contributed by atoms with Crippen LogP contribution in [0.25, 0.3) is 0 Å². The maximum Gasteiger partial charge on any atom is 0.145 e. The summed E-state index contributed by atoms with van der Waals surface area (Å²) in [5.74, 6) is 0.311. The molecule has 1 atom stereocenters. The Morgan fingerprint density at radius 2 is 1.92 bits per heavy atom. The molecular weight excluding hydrogens is 160 g/mol. The van der Waals surface area contributed by atoms with Crippen LogP contribution in [0.4, 0.5) is 0 Å². The van der Waals surface area contributed by atoms with Crippen molar-refractivity contribution in [2.24, 2.45) is 0 Å². The van der Waals surface area contributed by atoms with Crippen molar-refractivity contribution < 1.29 is 4.79 Å². The zero-order valence-corrected chi connectivity index (χ0v) is 8.03. The van der Waals surface area contributed by atoms with Gasteiger partial charge in [-0.1, -0.05) is 43.3 Å². The van der Waals surface area contributed by atoms with Crippen LogP contribution in [0, 0.1) is 0 Å². The summed E-state index contributed by atoms with van der Waals surface area (Å²) in [4.78, 5) is 10.4. The fourth-order valence-corrected chi connectivity index (χ4v) is 1.29. The van der Waals surface area contributed by atoms with E-state index in [9.17, 15) is 4.79 Å². The molecule has 0 spiro atoms. The van der Waals surface area contributed by atoms with Gasteiger partial charge in [-0.15, -0.1) is 0 Å². The van der Waals surface area contributed by atoms with Crippen molar-refractivity contribution >= 4 is 6.29 Å². The predicted molar refractivity (Wildman–Crippen MR) is 54.7 cm³/mol. The van der Waals surface area contributed by atoms with Gasteiger partial charge in [0.2, 0.25) is 0 Å². The highest BCUT2D eigenvalue weighted by molar-refractivity contribution is 5.72. The zero-order chi connectivity index (χ0) is 9.68. The van der Waals surface area contributed by atoms with Gasteiger partial charge in [-0.05, 0) is 24.0 Å². The number of rotatable bonds is 3. The fourth-order valence-electron chi connectivity index (χ4n) is 1.29. The van der Waals surface area contributed by atoms with Crippen LogP contribution in [0.15, 0.2) is 42.0 Å². The molecule has 0 saturated carbocycles. The highest BCUT2D eigenvalue weighted by Gasteiger charge is 2.00. The lowest BCUT2D eigenvalue weighted by molar-refractivity contribution is -0.104. The minimum Gasteiger partial charge on any atom is -0.298 e. The summed E-state index contributed by atoms with van der Waals surface area (Å²) in [6.45, 7) is 3.91. The Morgan fingerprint density at radius 1 is 1.31 bits per heavy atom. The van der Waals surface area contributed by atoms with E-state index in [1.165, 1.54) is 5.56 Å². The van der Waals surface area contributed by atoms with Crippen molar-refractivity contribution in [1.82, 2.24) is 0 Å². The Balaban J connectivity index is 2.80. The van der Waals surface area contributed by atoms with Crippen LogP contribution in [0.2, 0.25) is 0 Å². The van der Waals surface area contributed by atoms with E-state index >= 15 is 0 Å². The summed E-state index contributed by atoms with van der Waals surface area (Å²) < 4.78 is 0. The molecule has 0 radical (unpaired) electrons. The smallest absolute Gasteiger partial charge is 0.145 e. The first-order chi connectivity index (χ1) is 6.24. The number of carbonyl (C=O) groups is 1. The summed E-state index contributed by atoms with van der Waals surface area (Å²) in [5, 5.41) is 0. The molecular formula is C12H14O. The van der Waals surface area contributed by atoms with Crippen molar-refractivity contribution in [2.75, 3.05) is 0 Å². The quantitative estimate of drug-likeness (QED) is 0.508. The van der Waals surface area contributed by atoms with Crippen molar-refractivity contribution in [2.45, 2.75) is 19.8 Å². The largest absolute Gasteiger partial charge is 0.298 e. The molecule has 0 bridgehead atoms. The average Bonchev–Trinajstić information content (AvgIpc) is 2.19. The van der Waals surface area contributed by atoms with Crippen LogP contribution in [-0.2, 0) is 4.79 Å². The van der Waals surface area contributed by atoms with Crippen LogP contribution in [0.1, 0.15) is 25.3 Å². The lowest BCUT2D eigenvalue weighted by Crippen LogP contribution is -1.90. The van der Waals surface area contributed by atoms with Gasteiger partial charge in [-0.3, -0.25) is 4.79 Å². The standard InChI is InChI=1S/C12H14O/c1-10(9-13)8-11(2)12-6-4-3-5-7-12/h3-9,11H,1-2H3/b10-8+/t11-/m1/s1. The third-order valence-electron chi connectivity index (χ3n) is 2.02. The SMILES string of the molecule is C/C(C=O)=C\[C@@H](C)c1ccccc1. The Kier molecular flexibility index (Phi) is 3.44. The Hall–Kier alpha value is -1.37. The zero-order valence-electron chi connectivity index (χ0n) is 8.03. The molecule has 1 aromatic rings. The third-order valence-corrected chi connectivity index (χ3v) is 2.02. The molecule has 0 aliphatic heterocycles. The van der Waals surface area contributed by atoms with Gasteiger partial charge >= 0.3 is 0 Å². The topological polar surface area (TPSA) is 17.1 Å². The van der Waals surface area contributed by atoms with E-state index in [4.69, 9.17) is 0 Å². The monoisotopic (exact) mass is 174 g/mol. The molecule has 0 unspecified atom stereocenters. The first-order valence-corrected chi connectivity index (χ1v) is 4.42. The van der Waals surface area contributed by atoms with Gasteiger partial charge in [0.05, 0.1) is 0 Å². The molecule has 13 heavy (non-hydrogen) atoms. The molecule has 1 nitrogen and oxygen atoms in total. The second-order valence-electron chi connectivity index (χ2n) is 3.23. The van der Waals surface area contributed by atoms with Crippen LogP contribution in [0.3, 0.4) is 0 Å². The Morgan fingerprint density at radius 3 is 2.46 bits per heavy atom. The number of aldehydes is 1. The van der Waals surface area contributed by atoms with Crippen molar-refractivity contribution in [1.29, 1.82) is 0 Å². The van der Waals surface area contributed by atoms with Gasteiger partial charge in [0, 0.05) is 0 Å². The highest BCUT2D eigenvalue weighted by Crippen LogP contribution is 2.16. The Bertz CT molecular complexity index is 298. The second-order valence-corrected chi connectivity index (χ2v) is 3.23. The van der Waals surface area contributed by atoms with Crippen LogP contribution < -0.4 is 0 Å². The van der Waals surface area contributed by atoms with Gasteiger partial charge < -0.3 is 0 Å². The number of allylic oxidation sites excluding steroid dienone is 2. The van der Waals surface area contributed by atoms with Crippen molar-refractivity contribution in [3.05, 3.63) is 47.5 Å². The van der Waals surface area contributed by atoms with E-state index in [2.05, 4.69) is 19.1 Å². The molecule has 68 valence electrons. The molecule has 0 N–H and O–H groups in total. The van der Waals surface area contributed by atoms with Gasteiger partial charge in [0.1, 0.15) is 6.29 Å². The number of benzene rings is 1. The minimum atomic E-state index is 0.311. The van der Waals surface area contributed by atoms with Crippen LogP contribution in [0.5, 0.6) is 0 Å². The summed E-state index contributed by atoms with van der Waals surface area (Å²) in [6, 6.07) is 10.1. The van der Waals surface area contributed by atoms with Gasteiger partial charge in [-0.2, -0.15) is 0 Å². The highest BCUT2D eigenvalue weighted by atomic mass is 16.1. The van der Waals surface area contributed by atoms with Gasteiger partial charge in [0.25, 0.3) is 0 Å². The molecule has 0 fully saturated rings. The maximum absolute atomic E-state index is 10.4. The van der Waals surface area contributed by atoms with E-state index in [0.717, 1.165) is 11.9 Å². The third kappa shape index (κ3) is 2.86. The predicted octanol–water partition coefficient (Wildman–Crippen LogP) is 2.94. The van der Waals surface area contributed by atoms with E-state index in [1.54, 1.807) is 0 Å². The normalized spacial score (nSPS) is 13.8. The molecule has 1 heteroatoms. The molecule has 0 aliphatic rings. The number of hydrogen-bond donors (Lipinski definition) is 0. The summed E-state index contributed by atoms with van der Waals surface area (Å²) in [5.41, 5.74) is 2.03.